The van der Waals surface area contributed by atoms with Crippen molar-refractivity contribution in [2.45, 2.75) is 25.2 Å². The molecule has 1 aliphatic carbocycles. The zero-order valence-corrected chi connectivity index (χ0v) is 18.2. The van der Waals surface area contributed by atoms with Crippen LogP contribution in [0.1, 0.15) is 40.4 Å². The number of ether oxygens (including phenoxy) is 3. The van der Waals surface area contributed by atoms with Crippen molar-refractivity contribution in [2.24, 2.45) is 5.92 Å². The van der Waals surface area contributed by atoms with Crippen LogP contribution in [0.4, 0.5) is 0 Å². The summed E-state index contributed by atoms with van der Waals surface area (Å²) in [6.45, 7) is 2.60. The summed E-state index contributed by atoms with van der Waals surface area (Å²) in [6, 6.07) is 20.2. The number of carbonyl (C=O) groups is 2. The van der Waals surface area contributed by atoms with E-state index in [0.29, 0.717) is 47.0 Å². The van der Waals surface area contributed by atoms with Crippen LogP contribution in [-0.4, -0.2) is 25.2 Å². The van der Waals surface area contributed by atoms with E-state index in [4.69, 9.17) is 14.2 Å². The largest absolute Gasteiger partial charge is 0.549 e. The Hall–Kier alpha value is -3.80. The molecule has 0 bridgehead atoms. The standard InChI is InChI=1S/C27H24O6/c1-2-12-31-19-9-10-21-20(14-19)25(28)24(26(29)30)27(21,15-17-6-4-3-5-7-17)18-8-11-22-23(13-18)33-16-32-22/h3-11,13-14,24H,2,12,15-16H2,1H3,(H,29,30)/p-1. The summed E-state index contributed by atoms with van der Waals surface area (Å²) in [4.78, 5) is 26.1. The quantitative estimate of drug-likeness (QED) is 0.521. The number of hydrogen-bond acceptors (Lipinski definition) is 6. The van der Waals surface area contributed by atoms with E-state index in [-0.39, 0.29) is 6.79 Å². The van der Waals surface area contributed by atoms with Crippen LogP contribution in [0.2, 0.25) is 0 Å². The normalized spacial score (nSPS) is 20.5. The van der Waals surface area contributed by atoms with Crippen molar-refractivity contribution in [2.75, 3.05) is 13.4 Å². The second kappa shape index (κ2) is 8.28. The second-order valence-electron chi connectivity index (χ2n) is 8.37. The summed E-state index contributed by atoms with van der Waals surface area (Å²) < 4.78 is 16.8. The van der Waals surface area contributed by atoms with Crippen LogP contribution in [0.3, 0.4) is 0 Å². The number of rotatable bonds is 7. The summed E-state index contributed by atoms with van der Waals surface area (Å²) in [6.07, 6.45) is 1.13. The Morgan fingerprint density at radius 1 is 1.06 bits per heavy atom. The fraction of sp³-hybridized carbons (Fsp3) is 0.259. The molecule has 2 aliphatic rings. The summed E-state index contributed by atoms with van der Waals surface area (Å²) in [5, 5.41) is 12.5. The molecule has 2 atom stereocenters. The number of carboxylic acid groups (broad SMARTS) is 1. The minimum Gasteiger partial charge on any atom is -0.549 e. The van der Waals surface area contributed by atoms with Gasteiger partial charge in [0.2, 0.25) is 6.79 Å². The van der Waals surface area contributed by atoms with Gasteiger partial charge in [0.25, 0.3) is 0 Å². The Labute approximate surface area is 191 Å². The van der Waals surface area contributed by atoms with Crippen LogP contribution in [0.5, 0.6) is 17.2 Å². The molecule has 1 heterocycles. The Balaban J connectivity index is 1.74. The maximum absolute atomic E-state index is 13.5. The maximum Gasteiger partial charge on any atom is 0.231 e. The van der Waals surface area contributed by atoms with Gasteiger partial charge in [-0.2, -0.15) is 0 Å². The van der Waals surface area contributed by atoms with Crippen molar-refractivity contribution in [1.29, 1.82) is 0 Å². The third-order valence-electron chi connectivity index (χ3n) is 6.41. The number of carboxylic acids is 1. The molecule has 168 valence electrons. The highest BCUT2D eigenvalue weighted by molar-refractivity contribution is 6.14. The number of Topliss-reactive ketones (excluding diaryl/α,β-unsaturated/α-hetero) is 1. The summed E-state index contributed by atoms with van der Waals surface area (Å²) >= 11 is 0. The lowest BCUT2D eigenvalue weighted by atomic mass is 9.65. The van der Waals surface area contributed by atoms with Gasteiger partial charge < -0.3 is 24.1 Å². The predicted molar refractivity (Wildman–Crippen MR) is 119 cm³/mol. The van der Waals surface area contributed by atoms with Crippen molar-refractivity contribution in [3.05, 3.63) is 89.0 Å². The van der Waals surface area contributed by atoms with E-state index in [9.17, 15) is 14.7 Å². The number of hydrogen-bond donors (Lipinski definition) is 0. The molecule has 0 saturated carbocycles. The van der Waals surface area contributed by atoms with Crippen molar-refractivity contribution in [3.8, 4) is 17.2 Å². The fourth-order valence-corrected chi connectivity index (χ4v) is 4.98. The molecular weight excluding hydrogens is 420 g/mol. The Bertz CT molecular complexity index is 1220. The molecule has 2 unspecified atom stereocenters. The van der Waals surface area contributed by atoms with Gasteiger partial charge in [-0.15, -0.1) is 0 Å². The number of aliphatic carboxylic acids is 1. The van der Waals surface area contributed by atoms with Crippen LogP contribution in [0.25, 0.3) is 0 Å². The zero-order valence-electron chi connectivity index (χ0n) is 18.2. The molecule has 0 spiro atoms. The molecule has 0 amide bonds. The van der Waals surface area contributed by atoms with E-state index in [0.717, 1.165) is 12.0 Å². The summed E-state index contributed by atoms with van der Waals surface area (Å²) in [5.74, 6) is -1.61. The molecule has 6 nitrogen and oxygen atoms in total. The number of fused-ring (bicyclic) bond motifs is 2. The number of benzene rings is 3. The molecule has 1 aliphatic heterocycles. The van der Waals surface area contributed by atoms with Crippen LogP contribution >= 0.6 is 0 Å². The van der Waals surface area contributed by atoms with Gasteiger partial charge in [0, 0.05) is 11.0 Å². The van der Waals surface area contributed by atoms with Crippen LogP contribution in [-0.2, 0) is 16.6 Å². The smallest absolute Gasteiger partial charge is 0.231 e. The van der Waals surface area contributed by atoms with E-state index in [2.05, 4.69) is 0 Å². The monoisotopic (exact) mass is 443 g/mol. The zero-order chi connectivity index (χ0) is 23.0. The first-order chi connectivity index (χ1) is 16.0. The van der Waals surface area contributed by atoms with Gasteiger partial charge in [-0.25, -0.2) is 0 Å². The maximum atomic E-state index is 13.5. The first-order valence-corrected chi connectivity index (χ1v) is 11.0. The van der Waals surface area contributed by atoms with Crippen LogP contribution < -0.4 is 19.3 Å². The average Bonchev–Trinajstić information content (AvgIpc) is 3.39. The van der Waals surface area contributed by atoms with Crippen molar-refractivity contribution in [1.82, 2.24) is 0 Å². The van der Waals surface area contributed by atoms with Crippen molar-refractivity contribution in [3.63, 3.8) is 0 Å². The highest BCUT2D eigenvalue weighted by Gasteiger charge is 2.54. The van der Waals surface area contributed by atoms with E-state index >= 15 is 0 Å². The third kappa shape index (κ3) is 3.42. The molecule has 0 saturated heterocycles. The lowest BCUT2D eigenvalue weighted by Crippen LogP contribution is -2.47. The number of carbonyl (C=O) groups excluding carboxylic acids is 2. The third-order valence-corrected chi connectivity index (χ3v) is 6.41. The van der Waals surface area contributed by atoms with Crippen molar-refractivity contribution < 1.29 is 28.9 Å². The van der Waals surface area contributed by atoms with Gasteiger partial charge >= 0.3 is 0 Å². The van der Waals surface area contributed by atoms with Crippen LogP contribution in [0.15, 0.2) is 66.7 Å². The van der Waals surface area contributed by atoms with Gasteiger partial charge in [-0.05, 0) is 53.8 Å². The molecule has 5 rings (SSSR count). The molecule has 3 aromatic carbocycles. The van der Waals surface area contributed by atoms with Gasteiger partial charge in [-0.3, -0.25) is 4.79 Å². The van der Waals surface area contributed by atoms with Crippen molar-refractivity contribution >= 4 is 11.8 Å². The average molecular weight is 443 g/mol. The van der Waals surface area contributed by atoms with Gasteiger partial charge in [-0.1, -0.05) is 49.4 Å². The molecule has 0 N–H and O–H groups in total. The Morgan fingerprint density at radius 2 is 1.85 bits per heavy atom. The molecule has 6 heteroatoms. The molecule has 0 radical (unpaired) electrons. The second-order valence-corrected chi connectivity index (χ2v) is 8.37. The Kier molecular flexibility index (Phi) is 5.29. The van der Waals surface area contributed by atoms with E-state index in [1.807, 2.05) is 49.4 Å². The molecular formula is C27H23O6-. The van der Waals surface area contributed by atoms with Gasteiger partial charge in [0.15, 0.2) is 17.3 Å². The fourth-order valence-electron chi connectivity index (χ4n) is 4.98. The predicted octanol–water partition coefficient (Wildman–Crippen LogP) is 3.30. The van der Waals surface area contributed by atoms with Gasteiger partial charge in [0.1, 0.15) is 5.75 Å². The first-order valence-electron chi connectivity index (χ1n) is 11.0. The lowest BCUT2D eigenvalue weighted by molar-refractivity contribution is -0.310. The highest BCUT2D eigenvalue weighted by Crippen LogP contribution is 2.52. The SMILES string of the molecule is CCCOc1ccc2c(c1)C(=O)C(C(=O)[O-])C2(Cc1ccccc1)c1ccc2c(c1)OCO2. The van der Waals surface area contributed by atoms with E-state index < -0.39 is 23.1 Å². The molecule has 33 heavy (non-hydrogen) atoms. The minimum absolute atomic E-state index is 0.0992. The van der Waals surface area contributed by atoms with E-state index in [1.54, 1.807) is 24.3 Å². The summed E-state index contributed by atoms with van der Waals surface area (Å²) in [7, 11) is 0. The summed E-state index contributed by atoms with van der Waals surface area (Å²) in [5.41, 5.74) is 1.41. The highest BCUT2D eigenvalue weighted by atomic mass is 16.7. The van der Waals surface area contributed by atoms with E-state index in [1.165, 1.54) is 0 Å². The topological polar surface area (TPSA) is 84.9 Å². The molecule has 0 aromatic heterocycles. The molecule has 0 fully saturated rings. The molecule has 3 aromatic rings. The van der Waals surface area contributed by atoms with Crippen LogP contribution in [0, 0.1) is 5.92 Å². The number of ketones is 1. The first kappa shape index (κ1) is 21.1. The lowest BCUT2D eigenvalue weighted by Gasteiger charge is -2.37. The minimum atomic E-state index is -1.40. The Morgan fingerprint density at radius 3 is 2.61 bits per heavy atom. The van der Waals surface area contributed by atoms with Gasteiger partial charge in [0.05, 0.1) is 18.5 Å².